The number of methoxy groups -OCH3 is 1. The fraction of sp³-hybridized carbons (Fsp3) is 0.600. The number of hydrogen-bond acceptors (Lipinski definition) is 3. The SMILES string of the molecule is CCN1CC[C@H](CNCc2ccc(OC)c(Cl)c2)C1. The molecule has 1 saturated heterocycles. The van der Waals surface area contributed by atoms with Crippen LogP contribution in [-0.4, -0.2) is 38.2 Å². The highest BCUT2D eigenvalue weighted by atomic mass is 35.5. The number of ether oxygens (including phenoxy) is 1. The zero-order valence-corrected chi connectivity index (χ0v) is 12.5. The van der Waals surface area contributed by atoms with E-state index < -0.39 is 0 Å². The molecule has 0 unspecified atom stereocenters. The van der Waals surface area contributed by atoms with Crippen LogP contribution in [0.1, 0.15) is 18.9 Å². The van der Waals surface area contributed by atoms with Crippen molar-refractivity contribution in [2.75, 3.05) is 33.3 Å². The molecule has 1 aliphatic heterocycles. The normalized spacial score (nSPS) is 19.8. The summed E-state index contributed by atoms with van der Waals surface area (Å²) in [6.45, 7) is 7.83. The molecule has 106 valence electrons. The molecule has 2 rings (SSSR count). The van der Waals surface area contributed by atoms with Gasteiger partial charge in [0, 0.05) is 13.1 Å². The maximum Gasteiger partial charge on any atom is 0.137 e. The predicted octanol–water partition coefficient (Wildman–Crippen LogP) is 2.78. The summed E-state index contributed by atoms with van der Waals surface area (Å²) in [5.41, 5.74) is 1.20. The number of halogens is 1. The van der Waals surface area contributed by atoms with Gasteiger partial charge in [0.25, 0.3) is 0 Å². The second kappa shape index (κ2) is 7.13. The first-order chi connectivity index (χ1) is 9.22. The lowest BCUT2D eigenvalue weighted by molar-refractivity contribution is 0.339. The number of benzene rings is 1. The summed E-state index contributed by atoms with van der Waals surface area (Å²) in [5.74, 6) is 1.52. The lowest BCUT2D eigenvalue weighted by atomic mass is 10.1. The Morgan fingerprint density at radius 2 is 2.32 bits per heavy atom. The molecule has 0 bridgehead atoms. The minimum Gasteiger partial charge on any atom is -0.495 e. The minimum absolute atomic E-state index is 0.680. The van der Waals surface area contributed by atoms with Crippen molar-refractivity contribution in [2.45, 2.75) is 19.9 Å². The van der Waals surface area contributed by atoms with E-state index >= 15 is 0 Å². The second-order valence-corrected chi connectivity index (χ2v) is 5.55. The van der Waals surface area contributed by atoms with Crippen molar-refractivity contribution in [2.24, 2.45) is 5.92 Å². The zero-order chi connectivity index (χ0) is 13.7. The van der Waals surface area contributed by atoms with Gasteiger partial charge in [-0.2, -0.15) is 0 Å². The third kappa shape index (κ3) is 4.10. The van der Waals surface area contributed by atoms with Crippen molar-refractivity contribution in [1.29, 1.82) is 0 Å². The minimum atomic E-state index is 0.680. The van der Waals surface area contributed by atoms with Gasteiger partial charge >= 0.3 is 0 Å². The largest absolute Gasteiger partial charge is 0.495 e. The quantitative estimate of drug-likeness (QED) is 0.868. The average molecular weight is 283 g/mol. The highest BCUT2D eigenvalue weighted by Gasteiger charge is 2.20. The second-order valence-electron chi connectivity index (χ2n) is 5.15. The van der Waals surface area contributed by atoms with Crippen LogP contribution in [0.4, 0.5) is 0 Å². The standard InChI is InChI=1S/C15H23ClN2O/c1-3-18-7-6-13(11-18)10-17-9-12-4-5-15(19-2)14(16)8-12/h4-5,8,13,17H,3,6-7,9-11H2,1-2H3/t13-/m1/s1. The van der Waals surface area contributed by atoms with Crippen molar-refractivity contribution < 1.29 is 4.74 Å². The molecule has 1 N–H and O–H groups in total. The van der Waals surface area contributed by atoms with E-state index in [0.29, 0.717) is 5.02 Å². The molecular weight excluding hydrogens is 260 g/mol. The number of nitrogens with zero attached hydrogens (tertiary/aromatic N) is 1. The predicted molar refractivity (Wildman–Crippen MR) is 79.9 cm³/mol. The first-order valence-electron chi connectivity index (χ1n) is 6.98. The van der Waals surface area contributed by atoms with Crippen molar-refractivity contribution in [3.63, 3.8) is 0 Å². The van der Waals surface area contributed by atoms with Crippen molar-refractivity contribution in [1.82, 2.24) is 10.2 Å². The summed E-state index contributed by atoms with van der Waals surface area (Å²) in [6, 6.07) is 5.96. The van der Waals surface area contributed by atoms with Gasteiger partial charge < -0.3 is 15.0 Å². The Labute approximate surface area is 120 Å². The molecule has 1 aliphatic rings. The van der Waals surface area contributed by atoms with Crippen LogP contribution in [-0.2, 0) is 6.54 Å². The third-order valence-electron chi connectivity index (χ3n) is 3.80. The van der Waals surface area contributed by atoms with E-state index in [2.05, 4.69) is 23.2 Å². The molecule has 19 heavy (non-hydrogen) atoms. The molecule has 0 saturated carbocycles. The summed E-state index contributed by atoms with van der Waals surface area (Å²) in [6.07, 6.45) is 1.31. The highest BCUT2D eigenvalue weighted by Crippen LogP contribution is 2.24. The summed E-state index contributed by atoms with van der Waals surface area (Å²) < 4.78 is 5.15. The first-order valence-corrected chi connectivity index (χ1v) is 7.36. The van der Waals surface area contributed by atoms with Crippen LogP contribution >= 0.6 is 11.6 Å². The fourth-order valence-electron chi connectivity index (χ4n) is 2.61. The molecule has 0 aliphatic carbocycles. The Kier molecular flexibility index (Phi) is 5.49. The monoisotopic (exact) mass is 282 g/mol. The Balaban J connectivity index is 1.75. The van der Waals surface area contributed by atoms with E-state index in [1.165, 1.54) is 31.6 Å². The first kappa shape index (κ1) is 14.6. The molecule has 0 aromatic heterocycles. The maximum atomic E-state index is 6.11. The third-order valence-corrected chi connectivity index (χ3v) is 4.09. The van der Waals surface area contributed by atoms with Gasteiger partial charge in [0.2, 0.25) is 0 Å². The highest BCUT2D eigenvalue weighted by molar-refractivity contribution is 6.32. The van der Waals surface area contributed by atoms with Crippen LogP contribution in [0.5, 0.6) is 5.75 Å². The Morgan fingerprint density at radius 3 is 2.95 bits per heavy atom. The molecule has 1 atom stereocenters. The molecular formula is C15H23ClN2O. The molecule has 4 heteroatoms. The van der Waals surface area contributed by atoms with Gasteiger partial charge in [-0.3, -0.25) is 0 Å². The van der Waals surface area contributed by atoms with Crippen molar-refractivity contribution in [3.05, 3.63) is 28.8 Å². The van der Waals surface area contributed by atoms with E-state index in [-0.39, 0.29) is 0 Å². The smallest absolute Gasteiger partial charge is 0.137 e. The van der Waals surface area contributed by atoms with Gasteiger partial charge in [0.05, 0.1) is 12.1 Å². The summed E-state index contributed by atoms with van der Waals surface area (Å²) in [4.78, 5) is 2.51. The molecule has 1 aromatic carbocycles. The van der Waals surface area contributed by atoms with Gasteiger partial charge in [-0.1, -0.05) is 24.6 Å². The van der Waals surface area contributed by atoms with E-state index in [1.807, 2.05) is 12.1 Å². The van der Waals surface area contributed by atoms with Crippen molar-refractivity contribution in [3.8, 4) is 5.75 Å². The molecule has 1 heterocycles. The summed E-state index contributed by atoms with van der Waals surface area (Å²) >= 11 is 6.11. The number of nitrogens with one attached hydrogen (secondary N) is 1. The number of likely N-dealkylation sites (tertiary alicyclic amines) is 1. The average Bonchev–Trinajstić information content (AvgIpc) is 2.87. The van der Waals surface area contributed by atoms with E-state index in [4.69, 9.17) is 16.3 Å². The Morgan fingerprint density at radius 1 is 1.47 bits per heavy atom. The van der Waals surface area contributed by atoms with Gasteiger partial charge in [-0.05, 0) is 49.7 Å². The van der Waals surface area contributed by atoms with Crippen LogP contribution in [0.3, 0.4) is 0 Å². The molecule has 0 radical (unpaired) electrons. The van der Waals surface area contributed by atoms with Crippen LogP contribution in [0.25, 0.3) is 0 Å². The Hall–Kier alpha value is -0.770. The lowest BCUT2D eigenvalue weighted by Gasteiger charge is -2.14. The summed E-state index contributed by atoms with van der Waals surface area (Å²) in [7, 11) is 1.64. The van der Waals surface area contributed by atoms with E-state index in [1.54, 1.807) is 7.11 Å². The Bertz CT molecular complexity index is 411. The molecule has 1 fully saturated rings. The number of rotatable bonds is 6. The van der Waals surface area contributed by atoms with Gasteiger partial charge in [-0.25, -0.2) is 0 Å². The number of hydrogen-bond donors (Lipinski definition) is 1. The van der Waals surface area contributed by atoms with Crippen LogP contribution < -0.4 is 10.1 Å². The zero-order valence-electron chi connectivity index (χ0n) is 11.8. The fourth-order valence-corrected chi connectivity index (χ4v) is 2.89. The maximum absolute atomic E-state index is 6.11. The van der Waals surface area contributed by atoms with Crippen LogP contribution in [0.2, 0.25) is 5.02 Å². The summed E-state index contributed by atoms with van der Waals surface area (Å²) in [5, 5.41) is 4.21. The van der Waals surface area contributed by atoms with E-state index in [9.17, 15) is 0 Å². The molecule has 0 amide bonds. The molecule has 1 aromatic rings. The lowest BCUT2D eigenvalue weighted by Crippen LogP contribution is -2.26. The van der Waals surface area contributed by atoms with Crippen LogP contribution in [0, 0.1) is 5.92 Å². The van der Waals surface area contributed by atoms with Gasteiger partial charge in [-0.15, -0.1) is 0 Å². The van der Waals surface area contributed by atoms with Crippen LogP contribution in [0.15, 0.2) is 18.2 Å². The molecule has 0 spiro atoms. The topological polar surface area (TPSA) is 24.5 Å². The van der Waals surface area contributed by atoms with Crippen molar-refractivity contribution >= 4 is 11.6 Å². The van der Waals surface area contributed by atoms with Gasteiger partial charge in [0.15, 0.2) is 0 Å². The molecule has 3 nitrogen and oxygen atoms in total. The van der Waals surface area contributed by atoms with Gasteiger partial charge in [0.1, 0.15) is 5.75 Å². The van der Waals surface area contributed by atoms with E-state index in [0.717, 1.165) is 24.8 Å².